The van der Waals surface area contributed by atoms with Crippen LogP contribution >= 0.6 is 11.3 Å². The minimum absolute atomic E-state index is 0.0306. The number of nitrogen functional groups attached to an aromatic ring is 1. The number of fused-ring (bicyclic) bond motifs is 1. The molecule has 3 rings (SSSR count). The van der Waals surface area contributed by atoms with Gasteiger partial charge in [0.2, 0.25) is 5.03 Å². The summed E-state index contributed by atoms with van der Waals surface area (Å²) in [6, 6.07) is 5.08. The maximum absolute atomic E-state index is 12.4. The number of sulfonamides is 1. The molecule has 0 aliphatic carbocycles. The fourth-order valence-corrected chi connectivity index (χ4v) is 3.83. The summed E-state index contributed by atoms with van der Waals surface area (Å²) in [5.74, 6) is 0.214. The molecule has 3 aromatic heterocycles. The molecule has 0 unspecified atom stereocenters. The average molecular weight is 309 g/mol. The average Bonchev–Trinajstić information content (AvgIpc) is 2.87. The second-order valence-corrected chi connectivity index (χ2v) is 6.60. The highest BCUT2D eigenvalue weighted by molar-refractivity contribution is 7.92. The number of aromatic nitrogens is 3. The topological polar surface area (TPSA) is 102 Å². The molecule has 0 atom stereocenters. The molecule has 0 bridgehead atoms. The Morgan fingerprint density at radius 2 is 2.15 bits per heavy atom. The lowest BCUT2D eigenvalue weighted by Crippen LogP contribution is -2.17. The number of thiazole rings is 1. The van der Waals surface area contributed by atoms with E-state index in [1.165, 1.54) is 15.7 Å². The minimum Gasteiger partial charge on any atom is -0.381 e. The molecule has 20 heavy (non-hydrogen) atoms. The van der Waals surface area contributed by atoms with E-state index < -0.39 is 10.0 Å². The molecule has 0 fully saturated rings. The zero-order chi connectivity index (χ0) is 14.3. The van der Waals surface area contributed by atoms with Gasteiger partial charge in [0.1, 0.15) is 5.82 Å². The van der Waals surface area contributed by atoms with E-state index in [0.717, 1.165) is 0 Å². The van der Waals surface area contributed by atoms with Gasteiger partial charge in [-0.15, -0.1) is 11.3 Å². The van der Waals surface area contributed by atoms with Gasteiger partial charge >= 0.3 is 0 Å². The van der Waals surface area contributed by atoms with Gasteiger partial charge in [0, 0.05) is 17.3 Å². The second kappa shape index (κ2) is 4.46. The third-order valence-electron chi connectivity index (χ3n) is 2.63. The molecule has 0 saturated carbocycles. The third kappa shape index (κ3) is 2.10. The maximum Gasteiger partial charge on any atom is 0.282 e. The molecule has 3 N–H and O–H groups in total. The lowest BCUT2D eigenvalue weighted by molar-refractivity contribution is 0.597. The Morgan fingerprint density at radius 1 is 1.35 bits per heavy atom. The molecule has 104 valence electrons. The summed E-state index contributed by atoms with van der Waals surface area (Å²) in [5.41, 5.74) is 6.42. The number of nitrogens with two attached hydrogens (primary N) is 1. The maximum atomic E-state index is 12.4. The summed E-state index contributed by atoms with van der Waals surface area (Å²) in [6.45, 7) is 1.78. The first kappa shape index (κ1) is 12.9. The first-order valence-electron chi connectivity index (χ1n) is 5.65. The van der Waals surface area contributed by atoms with Crippen molar-refractivity contribution in [3.05, 3.63) is 35.5 Å². The van der Waals surface area contributed by atoms with Crippen molar-refractivity contribution in [3.63, 3.8) is 0 Å². The Labute approximate surface area is 119 Å². The van der Waals surface area contributed by atoms with E-state index in [4.69, 9.17) is 5.73 Å². The quantitative estimate of drug-likeness (QED) is 0.763. The van der Waals surface area contributed by atoms with E-state index in [1.54, 1.807) is 36.7 Å². The number of pyridine rings is 1. The number of hydrogen-bond donors (Lipinski definition) is 2. The molecule has 7 nitrogen and oxygen atoms in total. The Morgan fingerprint density at radius 3 is 2.90 bits per heavy atom. The summed E-state index contributed by atoms with van der Waals surface area (Å²) >= 11 is 1.31. The molecule has 0 amide bonds. The van der Waals surface area contributed by atoms with Crippen LogP contribution in [0.3, 0.4) is 0 Å². The van der Waals surface area contributed by atoms with Crippen molar-refractivity contribution in [3.8, 4) is 0 Å². The number of nitrogens with zero attached hydrogens (tertiary/aromatic N) is 3. The van der Waals surface area contributed by atoms with Gasteiger partial charge in [-0.3, -0.25) is 9.12 Å². The van der Waals surface area contributed by atoms with Crippen LogP contribution < -0.4 is 10.5 Å². The molecule has 9 heteroatoms. The predicted molar refractivity (Wildman–Crippen MR) is 77.3 cm³/mol. The fraction of sp³-hybridized carbons (Fsp3) is 0.0909. The van der Waals surface area contributed by atoms with Crippen molar-refractivity contribution in [1.29, 1.82) is 0 Å². The first-order valence-corrected chi connectivity index (χ1v) is 8.01. The smallest absolute Gasteiger partial charge is 0.282 e. The van der Waals surface area contributed by atoms with E-state index in [1.807, 2.05) is 0 Å². The molecular formula is C11H11N5O2S2. The Bertz CT molecular complexity index is 881. The van der Waals surface area contributed by atoms with Crippen LogP contribution in [0.15, 0.2) is 34.8 Å². The van der Waals surface area contributed by atoms with Crippen molar-refractivity contribution in [2.75, 3.05) is 10.5 Å². The number of aryl methyl sites for hydroxylation is 1. The zero-order valence-electron chi connectivity index (χ0n) is 10.4. The number of nitrogens with one attached hydrogen (secondary N) is 1. The van der Waals surface area contributed by atoms with Gasteiger partial charge in [0.05, 0.1) is 0 Å². The van der Waals surface area contributed by atoms with E-state index in [9.17, 15) is 8.42 Å². The minimum atomic E-state index is -3.84. The molecule has 0 aliphatic rings. The van der Waals surface area contributed by atoms with Gasteiger partial charge in [0.15, 0.2) is 10.8 Å². The van der Waals surface area contributed by atoms with E-state index in [2.05, 4.69) is 14.7 Å². The van der Waals surface area contributed by atoms with Crippen molar-refractivity contribution < 1.29 is 8.42 Å². The van der Waals surface area contributed by atoms with Crippen LogP contribution in [0.1, 0.15) is 5.69 Å². The van der Waals surface area contributed by atoms with Gasteiger partial charge in [-0.2, -0.15) is 8.42 Å². The molecule has 0 spiro atoms. The highest BCUT2D eigenvalue weighted by Gasteiger charge is 2.25. The fourth-order valence-electron chi connectivity index (χ4n) is 1.83. The second-order valence-electron chi connectivity index (χ2n) is 4.13. The predicted octanol–water partition coefficient (Wildman–Crippen LogP) is 1.48. The first-order chi connectivity index (χ1) is 9.47. The molecule has 0 aromatic carbocycles. The normalized spacial score (nSPS) is 11.8. The van der Waals surface area contributed by atoms with Crippen LogP contribution in [0.5, 0.6) is 0 Å². The monoisotopic (exact) mass is 309 g/mol. The van der Waals surface area contributed by atoms with E-state index in [0.29, 0.717) is 10.7 Å². The van der Waals surface area contributed by atoms with Crippen molar-refractivity contribution in [2.45, 2.75) is 11.9 Å². The van der Waals surface area contributed by atoms with Crippen molar-refractivity contribution >= 4 is 38.0 Å². The Hall–Kier alpha value is -2.13. The van der Waals surface area contributed by atoms with Crippen LogP contribution in [-0.4, -0.2) is 22.8 Å². The number of imidazole rings is 1. The molecule has 0 radical (unpaired) electrons. The van der Waals surface area contributed by atoms with Gasteiger partial charge in [-0.1, -0.05) is 6.07 Å². The van der Waals surface area contributed by atoms with Crippen LogP contribution in [0, 0.1) is 6.92 Å². The third-order valence-corrected chi connectivity index (χ3v) is 4.77. The summed E-state index contributed by atoms with van der Waals surface area (Å²) in [4.78, 5) is 8.65. The highest BCUT2D eigenvalue weighted by Crippen LogP contribution is 2.24. The van der Waals surface area contributed by atoms with Crippen LogP contribution in [0.4, 0.5) is 11.6 Å². The summed E-state index contributed by atoms with van der Waals surface area (Å²) < 4.78 is 28.7. The van der Waals surface area contributed by atoms with Crippen molar-refractivity contribution in [2.24, 2.45) is 0 Å². The summed E-state index contributed by atoms with van der Waals surface area (Å²) in [5, 5.41) is 1.67. The van der Waals surface area contributed by atoms with Gasteiger partial charge in [0.25, 0.3) is 10.0 Å². The largest absolute Gasteiger partial charge is 0.381 e. The molecule has 0 aliphatic heterocycles. The van der Waals surface area contributed by atoms with Crippen LogP contribution in [-0.2, 0) is 10.0 Å². The van der Waals surface area contributed by atoms with Crippen LogP contribution in [0.25, 0.3) is 4.96 Å². The molecule has 3 aromatic rings. The summed E-state index contributed by atoms with van der Waals surface area (Å²) in [7, 11) is -3.84. The Balaban J connectivity index is 2.08. The van der Waals surface area contributed by atoms with Crippen LogP contribution in [0.2, 0.25) is 0 Å². The van der Waals surface area contributed by atoms with Gasteiger partial charge < -0.3 is 5.73 Å². The van der Waals surface area contributed by atoms with E-state index in [-0.39, 0.29) is 16.7 Å². The molecular weight excluding hydrogens is 298 g/mol. The zero-order valence-corrected chi connectivity index (χ0v) is 12.1. The number of rotatable bonds is 3. The highest BCUT2D eigenvalue weighted by atomic mass is 32.2. The summed E-state index contributed by atoms with van der Waals surface area (Å²) in [6.07, 6.45) is 1.61. The van der Waals surface area contributed by atoms with Gasteiger partial charge in [-0.05, 0) is 19.1 Å². The number of hydrogen-bond acceptors (Lipinski definition) is 6. The lowest BCUT2D eigenvalue weighted by atomic mass is 10.4. The van der Waals surface area contributed by atoms with Crippen molar-refractivity contribution in [1.82, 2.24) is 14.4 Å². The Kier molecular flexibility index (Phi) is 2.87. The molecule has 3 heterocycles. The lowest BCUT2D eigenvalue weighted by Gasteiger charge is -2.07. The van der Waals surface area contributed by atoms with E-state index >= 15 is 0 Å². The standard InChI is InChI=1S/C11H11N5O2S2/c1-7-3-2-4-8(13-7)15-20(17,18)10-9(12)14-11-16(10)5-6-19-11/h2-6H,12H2,1H3,(H,13,15). The van der Waals surface area contributed by atoms with Gasteiger partial charge in [-0.25, -0.2) is 9.97 Å². The molecule has 0 saturated heterocycles. The SMILES string of the molecule is Cc1cccc(NS(=O)(=O)c2c(N)nc3sccn23)n1. The number of anilines is 2.